The fourth-order valence-corrected chi connectivity index (χ4v) is 3.22. The number of hydrogen-bond donors (Lipinski definition) is 1. The van der Waals surface area contributed by atoms with Gasteiger partial charge < -0.3 is 5.73 Å². The van der Waals surface area contributed by atoms with Crippen LogP contribution in [0.25, 0.3) is 16.6 Å². The third kappa shape index (κ3) is 1.94. The van der Waals surface area contributed by atoms with Gasteiger partial charge in [-0.1, -0.05) is 24.3 Å². The summed E-state index contributed by atoms with van der Waals surface area (Å²) in [6.07, 6.45) is 0. The number of nitrogens with two attached hydrogens (primary N) is 1. The first kappa shape index (κ1) is 14.9. The summed E-state index contributed by atoms with van der Waals surface area (Å²) in [5.74, 6) is -0.632. The minimum Gasteiger partial charge on any atom is -0.383 e. The van der Waals surface area contributed by atoms with E-state index in [1.165, 1.54) is 30.3 Å². The monoisotopic (exact) mass is 334 g/mol. The normalized spacial score (nSPS) is 16.1. The van der Waals surface area contributed by atoms with Gasteiger partial charge in [0.05, 0.1) is 10.8 Å². The third-order valence-corrected chi connectivity index (χ3v) is 4.31. The van der Waals surface area contributed by atoms with Gasteiger partial charge in [-0.2, -0.15) is 9.94 Å². The SMILES string of the molecule is N#CC1=C(N)n2c(=O)c3ccccc3c(=O)n2C1c1cccc(F)c1. The van der Waals surface area contributed by atoms with Crippen LogP contribution < -0.4 is 16.9 Å². The molecule has 7 heteroatoms. The van der Waals surface area contributed by atoms with Crippen LogP contribution in [0.3, 0.4) is 0 Å². The molecule has 0 fully saturated rings. The summed E-state index contributed by atoms with van der Waals surface area (Å²) in [6, 6.07) is 12.9. The first-order valence-electron chi connectivity index (χ1n) is 7.46. The lowest BCUT2D eigenvalue weighted by atomic mass is 10.0. The van der Waals surface area contributed by atoms with Crippen molar-refractivity contribution in [2.45, 2.75) is 6.04 Å². The van der Waals surface area contributed by atoms with Crippen molar-refractivity contribution in [3.63, 3.8) is 0 Å². The second-order valence-electron chi connectivity index (χ2n) is 5.68. The summed E-state index contributed by atoms with van der Waals surface area (Å²) in [5, 5.41) is 9.95. The number of rotatable bonds is 1. The number of allylic oxidation sites excluding steroid dienone is 1. The van der Waals surface area contributed by atoms with Crippen LogP contribution in [0.2, 0.25) is 0 Å². The van der Waals surface area contributed by atoms with Crippen molar-refractivity contribution in [1.29, 1.82) is 5.26 Å². The Balaban J connectivity index is 2.17. The van der Waals surface area contributed by atoms with Gasteiger partial charge in [-0.25, -0.2) is 9.07 Å². The summed E-state index contributed by atoms with van der Waals surface area (Å²) < 4.78 is 15.8. The first-order valence-corrected chi connectivity index (χ1v) is 7.46. The molecule has 2 heterocycles. The van der Waals surface area contributed by atoms with Gasteiger partial charge in [0.1, 0.15) is 29.3 Å². The van der Waals surface area contributed by atoms with E-state index in [1.807, 2.05) is 6.07 Å². The minimum absolute atomic E-state index is 0.0279. The lowest BCUT2D eigenvalue weighted by Gasteiger charge is -2.16. The average Bonchev–Trinajstić information content (AvgIpc) is 2.92. The van der Waals surface area contributed by atoms with Crippen molar-refractivity contribution >= 4 is 16.6 Å². The largest absolute Gasteiger partial charge is 0.383 e. The van der Waals surface area contributed by atoms with E-state index in [-0.39, 0.29) is 22.2 Å². The van der Waals surface area contributed by atoms with E-state index in [9.17, 15) is 19.2 Å². The van der Waals surface area contributed by atoms with Gasteiger partial charge in [-0.15, -0.1) is 0 Å². The molecule has 4 rings (SSSR count). The number of aromatic nitrogens is 2. The van der Waals surface area contributed by atoms with E-state index in [2.05, 4.69) is 0 Å². The molecule has 0 bridgehead atoms. The van der Waals surface area contributed by atoms with Crippen LogP contribution in [0.15, 0.2) is 63.7 Å². The Labute approximate surface area is 140 Å². The van der Waals surface area contributed by atoms with E-state index in [0.717, 1.165) is 9.36 Å². The number of halogens is 1. The highest BCUT2D eigenvalue weighted by Gasteiger charge is 2.34. The highest BCUT2D eigenvalue weighted by molar-refractivity contribution is 5.81. The molecule has 122 valence electrons. The fourth-order valence-electron chi connectivity index (χ4n) is 3.22. The zero-order valence-corrected chi connectivity index (χ0v) is 12.8. The predicted octanol–water partition coefficient (Wildman–Crippen LogP) is 1.56. The first-order chi connectivity index (χ1) is 12.0. The molecule has 0 saturated heterocycles. The number of fused-ring (bicyclic) bond motifs is 2. The molecular weight excluding hydrogens is 323 g/mol. The molecule has 1 aromatic heterocycles. The number of hydrogen-bond acceptors (Lipinski definition) is 4. The average molecular weight is 334 g/mol. The van der Waals surface area contributed by atoms with Crippen molar-refractivity contribution in [3.8, 4) is 6.07 Å². The standard InChI is InChI=1S/C18H11FN4O2/c19-11-5-3-4-10(8-11)15-14(9-20)16(21)23-18(25)13-7-2-1-6-12(13)17(24)22(15)23/h1-8,15H,21H2. The van der Waals surface area contributed by atoms with Crippen LogP contribution in [0.4, 0.5) is 4.39 Å². The van der Waals surface area contributed by atoms with Crippen molar-refractivity contribution < 1.29 is 4.39 Å². The van der Waals surface area contributed by atoms with Gasteiger partial charge in [0.2, 0.25) is 0 Å². The maximum atomic E-state index is 13.7. The van der Waals surface area contributed by atoms with E-state index in [1.54, 1.807) is 18.2 Å². The highest BCUT2D eigenvalue weighted by Crippen LogP contribution is 2.32. The van der Waals surface area contributed by atoms with E-state index in [4.69, 9.17) is 5.73 Å². The van der Waals surface area contributed by atoms with Gasteiger partial charge >= 0.3 is 0 Å². The molecule has 3 aromatic rings. The van der Waals surface area contributed by atoms with Crippen molar-refractivity contribution in [2.75, 3.05) is 0 Å². The molecular formula is C18H11FN4O2. The zero-order chi connectivity index (χ0) is 17.7. The highest BCUT2D eigenvalue weighted by atomic mass is 19.1. The van der Waals surface area contributed by atoms with Crippen LogP contribution in [-0.2, 0) is 0 Å². The van der Waals surface area contributed by atoms with Gasteiger partial charge in [-0.05, 0) is 29.8 Å². The molecule has 1 aliphatic rings. The van der Waals surface area contributed by atoms with Crippen molar-refractivity contribution in [3.05, 3.63) is 86.2 Å². The molecule has 0 amide bonds. The van der Waals surface area contributed by atoms with E-state index in [0.29, 0.717) is 5.56 Å². The van der Waals surface area contributed by atoms with Gasteiger partial charge in [0, 0.05) is 0 Å². The second kappa shape index (κ2) is 5.18. The molecule has 1 aliphatic heterocycles. The number of nitrogens with zero attached hydrogens (tertiary/aromatic N) is 3. The molecule has 0 aliphatic carbocycles. The molecule has 25 heavy (non-hydrogen) atoms. The Bertz CT molecular complexity index is 1230. The van der Waals surface area contributed by atoms with Crippen LogP contribution in [0.1, 0.15) is 11.6 Å². The Morgan fingerprint density at radius 1 is 1.04 bits per heavy atom. The Kier molecular flexibility index (Phi) is 3.09. The summed E-state index contributed by atoms with van der Waals surface area (Å²) in [4.78, 5) is 25.8. The Hall–Kier alpha value is -3.66. The summed E-state index contributed by atoms with van der Waals surface area (Å²) in [7, 11) is 0. The quantitative estimate of drug-likeness (QED) is 0.731. The summed E-state index contributed by atoms with van der Waals surface area (Å²) >= 11 is 0. The summed E-state index contributed by atoms with van der Waals surface area (Å²) in [6.45, 7) is 0. The molecule has 1 unspecified atom stereocenters. The predicted molar refractivity (Wildman–Crippen MR) is 90.0 cm³/mol. The van der Waals surface area contributed by atoms with Crippen molar-refractivity contribution in [1.82, 2.24) is 9.36 Å². The summed E-state index contributed by atoms with van der Waals surface area (Å²) in [5.41, 5.74) is 5.41. The van der Waals surface area contributed by atoms with Crippen LogP contribution in [0.5, 0.6) is 0 Å². The molecule has 0 spiro atoms. The molecule has 0 radical (unpaired) electrons. The molecule has 2 N–H and O–H groups in total. The van der Waals surface area contributed by atoms with Crippen LogP contribution >= 0.6 is 0 Å². The number of nitriles is 1. The van der Waals surface area contributed by atoms with E-state index >= 15 is 0 Å². The molecule has 1 atom stereocenters. The third-order valence-electron chi connectivity index (χ3n) is 4.31. The smallest absolute Gasteiger partial charge is 0.279 e. The maximum absolute atomic E-state index is 13.7. The lowest BCUT2D eigenvalue weighted by molar-refractivity contribution is 0.535. The topological polar surface area (TPSA) is 93.8 Å². The Morgan fingerprint density at radius 3 is 2.36 bits per heavy atom. The van der Waals surface area contributed by atoms with Gasteiger partial charge in [0.25, 0.3) is 11.1 Å². The molecule has 0 saturated carbocycles. The minimum atomic E-state index is -0.953. The molecule has 6 nitrogen and oxygen atoms in total. The van der Waals surface area contributed by atoms with Crippen molar-refractivity contribution in [2.24, 2.45) is 5.73 Å². The zero-order valence-electron chi connectivity index (χ0n) is 12.8. The van der Waals surface area contributed by atoms with Crippen LogP contribution in [0, 0.1) is 17.1 Å². The lowest BCUT2D eigenvalue weighted by Crippen LogP contribution is -2.38. The molecule has 2 aromatic carbocycles. The maximum Gasteiger partial charge on any atom is 0.279 e. The number of benzene rings is 2. The van der Waals surface area contributed by atoms with Gasteiger partial charge in [0.15, 0.2) is 0 Å². The fraction of sp³-hybridized carbons (Fsp3) is 0.0556. The second-order valence-corrected chi connectivity index (χ2v) is 5.68. The Morgan fingerprint density at radius 2 is 1.72 bits per heavy atom. The van der Waals surface area contributed by atoms with E-state index < -0.39 is 23.0 Å². The van der Waals surface area contributed by atoms with Crippen LogP contribution in [-0.4, -0.2) is 9.36 Å². The van der Waals surface area contributed by atoms with Gasteiger partial charge in [-0.3, -0.25) is 9.59 Å².